The van der Waals surface area contributed by atoms with Crippen LogP contribution < -0.4 is 21.3 Å². The molecule has 0 saturated carbocycles. The second kappa shape index (κ2) is 24.6. The summed E-state index contributed by atoms with van der Waals surface area (Å²) < 4.78 is 17.6. The van der Waals surface area contributed by atoms with Gasteiger partial charge in [-0.15, -0.1) is 0 Å². The molecule has 2 saturated heterocycles. The maximum atomic E-state index is 14.8. The molecule has 0 aromatic heterocycles. The molecular weight excluding hydrogens is 929 g/mol. The van der Waals surface area contributed by atoms with Gasteiger partial charge in [-0.2, -0.15) is 0 Å². The molecule has 0 radical (unpaired) electrons. The number of benzene rings is 3. The highest BCUT2D eigenvalue weighted by molar-refractivity contribution is 5.97. The minimum absolute atomic E-state index is 0.0448. The van der Waals surface area contributed by atoms with Crippen LogP contribution in [0.4, 0.5) is 4.79 Å². The van der Waals surface area contributed by atoms with Crippen molar-refractivity contribution in [2.45, 2.75) is 168 Å². The molecule has 396 valence electrons. The molecule has 16 heteroatoms. The first kappa shape index (κ1) is 56.0. The number of alkyl carbamates (subject to hydrolysis) is 1. The van der Waals surface area contributed by atoms with Crippen molar-refractivity contribution >= 4 is 41.6 Å². The van der Waals surface area contributed by atoms with E-state index in [0.29, 0.717) is 45.1 Å². The Bertz CT molecular complexity index is 2390. The maximum absolute atomic E-state index is 14.8. The number of hydrogen-bond donors (Lipinski definition) is 4. The molecule has 3 aliphatic rings. The Hall–Kier alpha value is -6.29. The largest absolute Gasteiger partial charge is 0.458 e. The van der Waals surface area contributed by atoms with Crippen molar-refractivity contribution in [1.29, 1.82) is 0 Å². The second-order valence-electron chi connectivity index (χ2n) is 21.9. The molecule has 8 atom stereocenters. The number of ether oxygens (including phenoxy) is 3. The lowest BCUT2D eigenvalue weighted by atomic mass is 9.96. The first-order valence-corrected chi connectivity index (χ1v) is 26.1. The van der Waals surface area contributed by atoms with Gasteiger partial charge in [0.25, 0.3) is 0 Å². The van der Waals surface area contributed by atoms with Crippen LogP contribution in [-0.2, 0) is 49.4 Å². The summed E-state index contributed by atoms with van der Waals surface area (Å²) in [4.78, 5) is 102. The lowest BCUT2D eigenvalue weighted by Crippen LogP contribution is -2.61. The van der Waals surface area contributed by atoms with Crippen molar-refractivity contribution in [2.75, 3.05) is 26.3 Å². The highest BCUT2D eigenvalue weighted by atomic mass is 16.6. The topological polar surface area (TPSA) is 202 Å². The van der Waals surface area contributed by atoms with Crippen LogP contribution in [0.3, 0.4) is 0 Å². The maximum Gasteiger partial charge on any atom is 0.407 e. The van der Waals surface area contributed by atoms with Gasteiger partial charge in [0.05, 0.1) is 12.2 Å². The van der Waals surface area contributed by atoms with E-state index >= 15 is 0 Å². The molecule has 3 aromatic rings. The zero-order chi connectivity index (χ0) is 53.2. The smallest absolute Gasteiger partial charge is 0.407 e. The van der Waals surface area contributed by atoms with E-state index in [1.165, 1.54) is 9.80 Å². The van der Waals surface area contributed by atoms with E-state index in [1.54, 1.807) is 20.8 Å². The minimum Gasteiger partial charge on any atom is -0.458 e. The van der Waals surface area contributed by atoms with E-state index in [4.69, 9.17) is 14.2 Å². The standard InChI is InChI=1S/C57H78N6O10/c1-11-35(3)47(61-55(70)71-33-42-40-26-18-16-24-38(40)39-25-17-19-27-41(39)42)51(66)58-43(32-37-22-14-13-15-23-37)49(64)59-44(34-72-56(5,6)7)52(67)62-30-20-28-45(62)50(65)60-48(36(4)12-2)53(68)63-31-21-29-46(63)54(69)73-57(8,9)10/h13-19,22-27,35-36,42-48H,11-12,20-21,28-34H2,1-10H3,(H,58,66)(H,59,64)(H,60,65)(H,61,70)/t35-,36-,43-,44-,45-,46-,47-,48-/m0/s1. The molecular formula is C57H78N6O10. The van der Waals surface area contributed by atoms with Crippen molar-refractivity contribution < 1.29 is 47.8 Å². The minimum atomic E-state index is -1.29. The van der Waals surface area contributed by atoms with Crippen LogP contribution >= 0.6 is 0 Å². The number of amides is 6. The molecule has 1 aliphatic carbocycles. The van der Waals surface area contributed by atoms with E-state index < -0.39 is 83.1 Å². The van der Waals surface area contributed by atoms with Gasteiger partial charge in [-0.3, -0.25) is 24.0 Å². The Morgan fingerprint density at radius 2 is 1.15 bits per heavy atom. The van der Waals surface area contributed by atoms with Crippen molar-refractivity contribution in [1.82, 2.24) is 31.1 Å². The predicted octanol–water partition coefficient (Wildman–Crippen LogP) is 6.82. The molecule has 2 heterocycles. The van der Waals surface area contributed by atoms with Gasteiger partial charge in [0, 0.05) is 25.4 Å². The molecule has 3 aromatic carbocycles. The second-order valence-corrected chi connectivity index (χ2v) is 21.9. The van der Waals surface area contributed by atoms with Crippen LogP contribution in [0, 0.1) is 11.8 Å². The third-order valence-corrected chi connectivity index (χ3v) is 14.2. The zero-order valence-corrected chi connectivity index (χ0v) is 44.5. The van der Waals surface area contributed by atoms with Gasteiger partial charge in [-0.05, 0) is 107 Å². The van der Waals surface area contributed by atoms with Crippen molar-refractivity contribution in [3.05, 3.63) is 95.6 Å². The number of rotatable bonds is 20. The number of nitrogens with zero attached hydrogens (tertiary/aromatic N) is 2. The number of carbonyl (C=O) groups is 7. The number of hydrogen-bond acceptors (Lipinski definition) is 10. The monoisotopic (exact) mass is 1010 g/mol. The summed E-state index contributed by atoms with van der Waals surface area (Å²) in [6.45, 7) is 18.6. The molecule has 4 N–H and O–H groups in total. The number of esters is 1. The summed E-state index contributed by atoms with van der Waals surface area (Å²) in [7, 11) is 0. The third-order valence-electron chi connectivity index (χ3n) is 14.2. The summed E-state index contributed by atoms with van der Waals surface area (Å²) in [5, 5.41) is 11.5. The van der Waals surface area contributed by atoms with E-state index in [0.717, 1.165) is 27.8 Å². The van der Waals surface area contributed by atoms with Gasteiger partial charge in [-0.1, -0.05) is 119 Å². The molecule has 2 aliphatic heterocycles. The van der Waals surface area contributed by atoms with Gasteiger partial charge in [-0.25, -0.2) is 9.59 Å². The fraction of sp³-hybridized carbons (Fsp3) is 0.561. The molecule has 0 spiro atoms. The summed E-state index contributed by atoms with van der Waals surface area (Å²) in [5.41, 5.74) is 3.52. The normalized spacial score (nSPS) is 19.0. The number of fused-ring (bicyclic) bond motifs is 3. The molecule has 73 heavy (non-hydrogen) atoms. The summed E-state index contributed by atoms with van der Waals surface area (Å²) >= 11 is 0. The number of nitrogens with one attached hydrogen (secondary N) is 4. The predicted molar refractivity (Wildman–Crippen MR) is 278 cm³/mol. The fourth-order valence-corrected chi connectivity index (χ4v) is 9.83. The van der Waals surface area contributed by atoms with Crippen LogP contribution in [-0.4, -0.2) is 125 Å². The summed E-state index contributed by atoms with van der Waals surface area (Å²) in [6, 6.07) is 18.8. The highest BCUT2D eigenvalue weighted by Crippen LogP contribution is 2.44. The van der Waals surface area contributed by atoms with Crippen LogP contribution in [0.15, 0.2) is 78.9 Å². The molecule has 6 rings (SSSR count). The first-order chi connectivity index (χ1) is 34.6. The van der Waals surface area contributed by atoms with E-state index in [2.05, 4.69) is 21.3 Å². The molecule has 0 unspecified atom stereocenters. The lowest BCUT2D eigenvalue weighted by molar-refractivity contribution is -0.164. The Morgan fingerprint density at radius 1 is 0.616 bits per heavy atom. The Labute approximate surface area is 431 Å². The average Bonchev–Trinajstić information content (AvgIpc) is 4.13. The van der Waals surface area contributed by atoms with Crippen LogP contribution in [0.2, 0.25) is 0 Å². The molecule has 0 bridgehead atoms. The lowest BCUT2D eigenvalue weighted by Gasteiger charge is -2.34. The van der Waals surface area contributed by atoms with Gasteiger partial charge in [0.15, 0.2) is 0 Å². The number of likely N-dealkylation sites (tertiary alicyclic amines) is 2. The zero-order valence-electron chi connectivity index (χ0n) is 44.5. The van der Waals surface area contributed by atoms with Gasteiger partial charge in [0.1, 0.15) is 48.5 Å². The Morgan fingerprint density at radius 3 is 1.73 bits per heavy atom. The van der Waals surface area contributed by atoms with Crippen molar-refractivity contribution in [3.63, 3.8) is 0 Å². The molecule has 16 nitrogen and oxygen atoms in total. The summed E-state index contributed by atoms with van der Waals surface area (Å²) in [5.74, 6) is -4.11. The van der Waals surface area contributed by atoms with Gasteiger partial charge >= 0.3 is 12.1 Å². The quantitative estimate of drug-likeness (QED) is 0.0871. The van der Waals surface area contributed by atoms with Gasteiger partial charge < -0.3 is 45.3 Å². The molecule has 2 fully saturated rings. The molecule has 6 amide bonds. The summed E-state index contributed by atoms with van der Waals surface area (Å²) in [6.07, 6.45) is 2.19. The van der Waals surface area contributed by atoms with Gasteiger partial charge in [0.2, 0.25) is 29.5 Å². The van der Waals surface area contributed by atoms with Crippen molar-refractivity contribution in [2.24, 2.45) is 11.8 Å². The van der Waals surface area contributed by atoms with Crippen LogP contribution in [0.5, 0.6) is 0 Å². The van der Waals surface area contributed by atoms with Crippen LogP contribution in [0.1, 0.15) is 130 Å². The van der Waals surface area contributed by atoms with E-state index in [1.807, 2.05) is 127 Å². The SMILES string of the molecule is CC[C@H](C)[C@H](NC(=O)OCC1c2ccccc2-c2ccccc21)C(=O)N[C@@H](Cc1ccccc1)C(=O)N[C@@H](COC(C)(C)C)C(=O)N1CCC[C@H]1C(=O)N[C@H](C(=O)N1CCC[C@H]1C(=O)OC(C)(C)C)[C@@H](C)CC. The third kappa shape index (κ3) is 14.5. The van der Waals surface area contributed by atoms with E-state index in [-0.39, 0.29) is 49.8 Å². The van der Waals surface area contributed by atoms with E-state index in [9.17, 15) is 33.6 Å². The number of carbonyl (C=O) groups excluding carboxylic acids is 7. The Kier molecular flexibility index (Phi) is 18.9. The average molecular weight is 1010 g/mol. The van der Waals surface area contributed by atoms with Crippen molar-refractivity contribution in [3.8, 4) is 11.1 Å². The van der Waals surface area contributed by atoms with Crippen LogP contribution in [0.25, 0.3) is 11.1 Å². The first-order valence-electron chi connectivity index (χ1n) is 26.1. The highest BCUT2D eigenvalue weighted by Gasteiger charge is 2.44. The fourth-order valence-electron chi connectivity index (χ4n) is 9.83. The Balaban J connectivity index is 1.18.